The Morgan fingerprint density at radius 2 is 2.31 bits per heavy atom. The molecule has 1 unspecified atom stereocenters. The van der Waals surface area contributed by atoms with Crippen LogP contribution in [0.15, 0.2) is 22.5 Å². The van der Waals surface area contributed by atoms with Gasteiger partial charge in [0.1, 0.15) is 0 Å². The molecule has 148 valence electrons. The molecule has 0 spiro atoms. The van der Waals surface area contributed by atoms with Gasteiger partial charge in [-0.15, -0.1) is 11.3 Å². The minimum Gasteiger partial charge on any atom is -0.377 e. The molecule has 0 aromatic carbocycles. The summed E-state index contributed by atoms with van der Waals surface area (Å²) in [6.45, 7) is 2.22. The molecular weight excluding hydrogens is 372 g/mol. The summed E-state index contributed by atoms with van der Waals surface area (Å²) in [5, 5.41) is 5.19. The van der Waals surface area contributed by atoms with Crippen molar-refractivity contribution in [3.63, 3.8) is 0 Å². The normalized spacial score (nSPS) is 18.7. The number of hydrogen-bond acceptors (Lipinski definition) is 5. The second kappa shape index (κ2) is 10.9. The van der Waals surface area contributed by atoms with Crippen LogP contribution in [0.4, 0.5) is 0 Å². The Hall–Kier alpha value is -1.16. The molecule has 9 heteroatoms. The Balaban J connectivity index is 1.68. The average molecular weight is 403 g/mol. The summed E-state index contributed by atoms with van der Waals surface area (Å²) in [6, 6.07) is 4.16. The van der Waals surface area contributed by atoms with Crippen LogP contribution in [0.5, 0.6) is 0 Å². The lowest BCUT2D eigenvalue weighted by Gasteiger charge is -2.23. The number of rotatable bonds is 9. The van der Waals surface area contributed by atoms with Crippen molar-refractivity contribution in [3.8, 4) is 0 Å². The molecule has 1 fully saturated rings. The van der Waals surface area contributed by atoms with Crippen LogP contribution in [0.1, 0.15) is 24.1 Å². The minimum atomic E-state index is -3.32. The van der Waals surface area contributed by atoms with E-state index in [1.165, 1.54) is 4.88 Å². The van der Waals surface area contributed by atoms with Crippen molar-refractivity contribution in [1.29, 1.82) is 0 Å². The molecule has 2 N–H and O–H groups in total. The molecule has 1 aromatic heterocycles. The van der Waals surface area contributed by atoms with E-state index in [9.17, 15) is 8.42 Å². The average Bonchev–Trinajstić information content (AvgIpc) is 3.16. The summed E-state index contributed by atoms with van der Waals surface area (Å²) < 4.78 is 32.5. The first-order chi connectivity index (χ1) is 12.5. The number of likely N-dealkylation sites (N-methyl/N-ethyl adjacent to an activating group) is 1. The molecule has 1 aliphatic heterocycles. The van der Waals surface area contributed by atoms with Crippen LogP contribution in [0.2, 0.25) is 0 Å². The smallest absolute Gasteiger partial charge is 0.213 e. The molecule has 26 heavy (non-hydrogen) atoms. The van der Waals surface area contributed by atoms with Crippen molar-refractivity contribution in [1.82, 2.24) is 14.9 Å². The largest absolute Gasteiger partial charge is 0.377 e. The van der Waals surface area contributed by atoms with Crippen LogP contribution in [0.25, 0.3) is 0 Å². The molecule has 1 aromatic rings. The van der Waals surface area contributed by atoms with Crippen molar-refractivity contribution < 1.29 is 13.2 Å². The molecule has 1 aliphatic rings. The highest BCUT2D eigenvalue weighted by Crippen LogP contribution is 2.12. The molecule has 7 nitrogen and oxygen atoms in total. The molecule has 0 aliphatic carbocycles. The Labute approximate surface area is 160 Å². The minimum absolute atomic E-state index is 0.00244. The maximum Gasteiger partial charge on any atom is 0.213 e. The molecule has 0 bridgehead atoms. The number of thiophene rings is 1. The standard InChI is InChI=1S/C17H30N4O3S2/c1-18-17(21(2)10-8-16-7-5-12-25-16)19-9-13-26(22,23)20-14-15-6-3-4-11-24-15/h5,7,12,15,20H,3-4,6,8-11,13-14H2,1-2H3,(H,18,19). The summed E-state index contributed by atoms with van der Waals surface area (Å²) in [7, 11) is 0.337. The van der Waals surface area contributed by atoms with Gasteiger partial charge >= 0.3 is 0 Å². The lowest BCUT2D eigenvalue weighted by Crippen LogP contribution is -2.43. The van der Waals surface area contributed by atoms with Crippen LogP contribution >= 0.6 is 11.3 Å². The van der Waals surface area contributed by atoms with E-state index in [0.29, 0.717) is 19.0 Å². The maximum absolute atomic E-state index is 12.1. The fraction of sp³-hybridized carbons (Fsp3) is 0.706. The van der Waals surface area contributed by atoms with Gasteiger partial charge < -0.3 is 15.0 Å². The zero-order chi connectivity index (χ0) is 18.8. The highest BCUT2D eigenvalue weighted by molar-refractivity contribution is 7.89. The van der Waals surface area contributed by atoms with Crippen molar-refractivity contribution in [2.45, 2.75) is 31.8 Å². The molecule has 1 atom stereocenters. The Bertz CT molecular complexity index is 641. The van der Waals surface area contributed by atoms with E-state index >= 15 is 0 Å². The van der Waals surface area contributed by atoms with Crippen LogP contribution < -0.4 is 10.0 Å². The Morgan fingerprint density at radius 1 is 1.46 bits per heavy atom. The summed E-state index contributed by atoms with van der Waals surface area (Å²) in [6.07, 6.45) is 4.02. The fourth-order valence-corrected chi connectivity index (χ4v) is 4.43. The first-order valence-corrected chi connectivity index (χ1v) is 11.6. The third kappa shape index (κ3) is 7.61. The highest BCUT2D eigenvalue weighted by Gasteiger charge is 2.18. The quantitative estimate of drug-likeness (QED) is 0.480. The van der Waals surface area contributed by atoms with E-state index < -0.39 is 10.0 Å². The summed E-state index contributed by atoms with van der Waals surface area (Å²) in [5.74, 6) is 0.713. The molecular formula is C17H30N4O3S2. The SMILES string of the molecule is CN=C(NCCS(=O)(=O)NCC1CCCCO1)N(C)CCc1cccs1. The van der Waals surface area contributed by atoms with Crippen molar-refractivity contribution in [2.75, 3.05) is 46.1 Å². The summed E-state index contributed by atoms with van der Waals surface area (Å²) >= 11 is 1.74. The first-order valence-electron chi connectivity index (χ1n) is 9.03. The van der Waals surface area contributed by atoms with E-state index in [2.05, 4.69) is 26.5 Å². The summed E-state index contributed by atoms with van der Waals surface area (Å²) in [4.78, 5) is 7.56. The topological polar surface area (TPSA) is 83.0 Å². The first kappa shape index (κ1) is 21.1. The molecule has 0 amide bonds. The van der Waals surface area contributed by atoms with Gasteiger partial charge in [0.15, 0.2) is 5.96 Å². The summed E-state index contributed by atoms with van der Waals surface area (Å²) in [5.41, 5.74) is 0. The molecule has 1 saturated heterocycles. The monoisotopic (exact) mass is 402 g/mol. The van der Waals surface area contributed by atoms with Crippen LogP contribution in [0.3, 0.4) is 0 Å². The van der Waals surface area contributed by atoms with Gasteiger partial charge in [-0.25, -0.2) is 13.1 Å². The number of aliphatic imine (C=N–C) groups is 1. The van der Waals surface area contributed by atoms with Crippen molar-refractivity contribution in [3.05, 3.63) is 22.4 Å². The molecule has 2 heterocycles. The van der Waals surface area contributed by atoms with Gasteiger partial charge in [0, 0.05) is 45.2 Å². The lowest BCUT2D eigenvalue weighted by atomic mass is 10.1. The Kier molecular flexibility index (Phi) is 8.83. The number of nitrogens with zero attached hydrogens (tertiary/aromatic N) is 2. The number of sulfonamides is 1. The van der Waals surface area contributed by atoms with E-state index in [4.69, 9.17) is 4.74 Å². The third-order valence-electron chi connectivity index (χ3n) is 4.31. The Morgan fingerprint density at radius 3 is 2.96 bits per heavy atom. The molecule has 2 rings (SSSR count). The second-order valence-corrected chi connectivity index (χ2v) is 9.34. The third-order valence-corrected chi connectivity index (χ3v) is 6.59. The van der Waals surface area contributed by atoms with Gasteiger partial charge in [0.05, 0.1) is 11.9 Å². The fourth-order valence-electron chi connectivity index (χ4n) is 2.78. The van der Waals surface area contributed by atoms with Crippen molar-refractivity contribution in [2.24, 2.45) is 4.99 Å². The van der Waals surface area contributed by atoms with Crippen molar-refractivity contribution >= 4 is 27.3 Å². The number of guanidine groups is 1. The number of ether oxygens (including phenoxy) is 1. The second-order valence-electron chi connectivity index (χ2n) is 6.38. The maximum atomic E-state index is 12.1. The van der Waals surface area contributed by atoms with Gasteiger partial charge in [-0.3, -0.25) is 4.99 Å². The molecule has 0 radical (unpaired) electrons. The van der Waals surface area contributed by atoms with Gasteiger partial charge in [-0.05, 0) is 37.1 Å². The predicted molar refractivity (Wildman–Crippen MR) is 107 cm³/mol. The van der Waals surface area contributed by atoms with E-state index in [1.54, 1.807) is 18.4 Å². The predicted octanol–water partition coefficient (Wildman–Crippen LogP) is 1.29. The highest BCUT2D eigenvalue weighted by atomic mass is 32.2. The van der Waals surface area contributed by atoms with E-state index in [1.807, 2.05) is 18.0 Å². The van der Waals surface area contributed by atoms with Gasteiger partial charge in [0.25, 0.3) is 0 Å². The number of nitrogens with one attached hydrogen (secondary N) is 2. The zero-order valence-corrected chi connectivity index (χ0v) is 17.2. The number of hydrogen-bond donors (Lipinski definition) is 2. The van der Waals surface area contributed by atoms with Gasteiger partial charge in [0.2, 0.25) is 10.0 Å². The van der Waals surface area contributed by atoms with Crippen LogP contribution in [-0.2, 0) is 21.2 Å². The van der Waals surface area contributed by atoms with Crippen LogP contribution in [0, 0.1) is 0 Å². The zero-order valence-electron chi connectivity index (χ0n) is 15.6. The molecule has 0 saturated carbocycles. The van der Waals surface area contributed by atoms with Crippen LogP contribution in [-0.4, -0.2) is 71.5 Å². The van der Waals surface area contributed by atoms with E-state index in [-0.39, 0.29) is 11.9 Å². The lowest BCUT2D eigenvalue weighted by molar-refractivity contribution is 0.0200. The van der Waals surface area contributed by atoms with Gasteiger partial charge in [-0.2, -0.15) is 0 Å². The van der Waals surface area contributed by atoms with Gasteiger partial charge in [-0.1, -0.05) is 6.07 Å². The van der Waals surface area contributed by atoms with E-state index in [0.717, 1.165) is 38.8 Å².